The maximum atomic E-state index is 4.01. The summed E-state index contributed by atoms with van der Waals surface area (Å²) in [6.45, 7) is 4.54. The van der Waals surface area contributed by atoms with E-state index in [1.165, 1.54) is 0 Å². The van der Waals surface area contributed by atoms with E-state index in [1.807, 2.05) is 6.08 Å². The normalized spacial score (nSPS) is 7.50. The molecule has 0 aliphatic rings. The third-order valence-electron chi connectivity index (χ3n) is 0.566. The van der Waals surface area contributed by atoms with Crippen LogP contribution in [0, 0.1) is 0 Å². The van der Waals surface area contributed by atoms with Crippen molar-refractivity contribution in [2.75, 3.05) is 0 Å². The summed E-state index contributed by atoms with van der Waals surface area (Å²) >= 11 is 4.01. The Bertz CT molecular complexity index is 36.5. The van der Waals surface area contributed by atoms with Crippen molar-refractivity contribution in [2.45, 2.75) is 12.7 Å². The molecule has 0 atom stereocenters. The molecule has 0 bridgehead atoms. The minimum atomic E-state index is 0.978. The second-order valence-electron chi connectivity index (χ2n) is 1.15. The summed E-state index contributed by atoms with van der Waals surface area (Å²) in [5, 5.41) is 0. The first-order valence-corrected chi connectivity index (χ1v) is 2.77. The molecule has 0 amide bonds. The molecule has 0 aromatic rings. The molecule has 0 aliphatic carbocycles. The molecule has 0 N–H and O–H groups in total. The predicted octanol–water partition coefficient (Wildman–Crippen LogP) is 1.26. The summed E-state index contributed by atoms with van der Waals surface area (Å²) in [6, 6.07) is 0. The predicted molar refractivity (Wildman–Crippen MR) is 35.8 cm³/mol. The molecule has 0 heterocycles. The second-order valence-corrected chi connectivity index (χ2v) is 1.60. The lowest BCUT2D eigenvalue weighted by Gasteiger charge is -1.79. The summed E-state index contributed by atoms with van der Waals surface area (Å²) in [5.74, 6) is 0. The molecular formula is C4H9BS. The third-order valence-corrected chi connectivity index (χ3v) is 0.883. The molecule has 0 radical (unpaired) electrons. The topological polar surface area (TPSA) is 0 Å². The smallest absolute Gasteiger partial charge is 0.187 e. The van der Waals surface area contributed by atoms with Gasteiger partial charge in [0.05, 0.1) is 0 Å². The zero-order valence-electron chi connectivity index (χ0n) is 3.85. The largest absolute Gasteiger partial charge is 0.232 e. The molecule has 34 valence electrons. The van der Waals surface area contributed by atoms with Crippen LogP contribution >= 0.6 is 12.5 Å². The van der Waals surface area contributed by atoms with Gasteiger partial charge in [-0.3, -0.25) is 0 Å². The van der Waals surface area contributed by atoms with Gasteiger partial charge in [0.15, 0.2) is 6.56 Å². The Kier molecular flexibility index (Phi) is 5.29. The number of rotatable bonds is 3. The molecule has 0 aromatic heterocycles. The lowest BCUT2D eigenvalue weighted by molar-refractivity contribution is 1.22. The van der Waals surface area contributed by atoms with Crippen LogP contribution in [0.3, 0.4) is 0 Å². The Hall–Kier alpha value is 0.155. The van der Waals surface area contributed by atoms with Gasteiger partial charge in [-0.05, 0) is 6.42 Å². The quantitative estimate of drug-likeness (QED) is 0.234. The highest BCUT2D eigenvalue weighted by molar-refractivity contribution is 8.06. The molecule has 0 rings (SSSR count). The standard InChI is InChI=1S/C4H9BS/c1-2-3-4-5-6/h2,5-6H,1,3-4H2. The van der Waals surface area contributed by atoms with E-state index in [0.29, 0.717) is 0 Å². The van der Waals surface area contributed by atoms with Gasteiger partial charge in [0, 0.05) is 0 Å². The Labute approximate surface area is 45.2 Å². The van der Waals surface area contributed by atoms with E-state index >= 15 is 0 Å². The summed E-state index contributed by atoms with van der Waals surface area (Å²) in [4.78, 5) is 0. The minimum Gasteiger partial charge on any atom is -0.232 e. The maximum Gasteiger partial charge on any atom is 0.187 e. The van der Waals surface area contributed by atoms with Crippen LogP contribution in [0.25, 0.3) is 0 Å². The van der Waals surface area contributed by atoms with Crippen molar-refractivity contribution in [1.82, 2.24) is 0 Å². The first-order valence-electron chi connectivity index (χ1n) is 2.13. The Morgan fingerprint density at radius 1 is 1.83 bits per heavy atom. The number of allylic oxidation sites excluding steroid dienone is 1. The van der Waals surface area contributed by atoms with Gasteiger partial charge >= 0.3 is 0 Å². The van der Waals surface area contributed by atoms with E-state index in [0.717, 1.165) is 19.3 Å². The highest BCUT2D eigenvalue weighted by Crippen LogP contribution is 1.88. The van der Waals surface area contributed by atoms with Crippen molar-refractivity contribution in [3.8, 4) is 0 Å². The monoisotopic (exact) mass is 100 g/mol. The molecule has 0 saturated heterocycles. The Morgan fingerprint density at radius 2 is 2.50 bits per heavy atom. The third kappa shape index (κ3) is 4.15. The van der Waals surface area contributed by atoms with Gasteiger partial charge in [0.2, 0.25) is 0 Å². The van der Waals surface area contributed by atoms with Gasteiger partial charge < -0.3 is 0 Å². The van der Waals surface area contributed by atoms with E-state index in [1.54, 1.807) is 0 Å². The van der Waals surface area contributed by atoms with E-state index < -0.39 is 0 Å². The number of hydrogen-bond donors (Lipinski definition) is 1. The highest BCUT2D eigenvalue weighted by atomic mass is 32.1. The molecule has 0 fully saturated rings. The van der Waals surface area contributed by atoms with E-state index in [-0.39, 0.29) is 0 Å². The summed E-state index contributed by atoms with van der Waals surface area (Å²) in [5.41, 5.74) is 0. The van der Waals surface area contributed by atoms with Crippen molar-refractivity contribution in [1.29, 1.82) is 0 Å². The average Bonchev–Trinajstić information content (AvgIpc) is 1.61. The van der Waals surface area contributed by atoms with Gasteiger partial charge in [0.1, 0.15) is 0 Å². The van der Waals surface area contributed by atoms with Crippen molar-refractivity contribution in [3.63, 3.8) is 0 Å². The fraction of sp³-hybridized carbons (Fsp3) is 0.500. The van der Waals surface area contributed by atoms with Gasteiger partial charge in [0.25, 0.3) is 0 Å². The van der Waals surface area contributed by atoms with Gasteiger partial charge in [-0.2, -0.15) is 0 Å². The summed E-state index contributed by atoms with van der Waals surface area (Å²) in [6.07, 6.45) is 4.17. The Balaban J connectivity index is 2.49. The molecule has 0 aromatic carbocycles. The van der Waals surface area contributed by atoms with Crippen LogP contribution in [-0.4, -0.2) is 6.56 Å². The molecular weight excluding hydrogens is 90.9 g/mol. The van der Waals surface area contributed by atoms with E-state index in [2.05, 4.69) is 19.1 Å². The van der Waals surface area contributed by atoms with Crippen molar-refractivity contribution < 1.29 is 0 Å². The fourth-order valence-electron chi connectivity index (χ4n) is 0.236. The van der Waals surface area contributed by atoms with Crippen LogP contribution in [-0.2, 0) is 0 Å². The average molecular weight is 100.0 g/mol. The van der Waals surface area contributed by atoms with Crippen molar-refractivity contribution >= 4 is 19.0 Å². The number of thiol groups is 1. The van der Waals surface area contributed by atoms with Crippen LogP contribution < -0.4 is 0 Å². The summed E-state index contributed by atoms with van der Waals surface area (Å²) in [7, 11) is 0. The van der Waals surface area contributed by atoms with Crippen LogP contribution in [0.5, 0.6) is 0 Å². The first-order chi connectivity index (χ1) is 2.91. The van der Waals surface area contributed by atoms with Gasteiger partial charge in [-0.25, -0.2) is 12.5 Å². The molecule has 0 unspecified atom stereocenters. The lowest BCUT2D eigenvalue weighted by Crippen LogP contribution is -1.71. The van der Waals surface area contributed by atoms with E-state index in [9.17, 15) is 0 Å². The molecule has 0 nitrogen and oxygen atoms in total. The summed E-state index contributed by atoms with van der Waals surface area (Å²) < 4.78 is 0. The van der Waals surface area contributed by atoms with E-state index in [4.69, 9.17) is 0 Å². The van der Waals surface area contributed by atoms with Crippen LogP contribution in [0.4, 0.5) is 0 Å². The second kappa shape index (κ2) is 5.15. The highest BCUT2D eigenvalue weighted by Gasteiger charge is 1.75. The van der Waals surface area contributed by atoms with Gasteiger partial charge in [-0.1, -0.05) is 12.4 Å². The molecule has 0 saturated carbocycles. The number of hydrogen-bond acceptors (Lipinski definition) is 1. The molecule has 0 spiro atoms. The van der Waals surface area contributed by atoms with Crippen LogP contribution in [0.2, 0.25) is 6.32 Å². The fourth-order valence-corrected chi connectivity index (χ4v) is 0.418. The lowest BCUT2D eigenvalue weighted by atomic mass is 10.0. The zero-order chi connectivity index (χ0) is 4.83. The molecule has 2 heteroatoms. The molecule has 0 aliphatic heterocycles. The molecule has 6 heavy (non-hydrogen) atoms. The zero-order valence-corrected chi connectivity index (χ0v) is 4.75. The minimum absolute atomic E-state index is 0.978. The first kappa shape index (κ1) is 6.15. The van der Waals surface area contributed by atoms with Crippen LogP contribution in [0.1, 0.15) is 6.42 Å². The maximum absolute atomic E-state index is 4.01. The van der Waals surface area contributed by atoms with Crippen molar-refractivity contribution in [2.24, 2.45) is 0 Å². The Morgan fingerprint density at radius 3 is 2.67 bits per heavy atom. The SMILES string of the molecule is C=CCCBS. The van der Waals surface area contributed by atoms with Crippen molar-refractivity contribution in [3.05, 3.63) is 12.7 Å². The van der Waals surface area contributed by atoms with Crippen LogP contribution in [0.15, 0.2) is 12.7 Å². The van der Waals surface area contributed by atoms with Gasteiger partial charge in [-0.15, -0.1) is 6.58 Å².